The van der Waals surface area contributed by atoms with Gasteiger partial charge in [0.25, 0.3) is 0 Å². The van der Waals surface area contributed by atoms with Crippen molar-refractivity contribution >= 4 is 28.9 Å². The summed E-state index contributed by atoms with van der Waals surface area (Å²) in [6, 6.07) is 8.35. The molecule has 0 aromatic heterocycles. The van der Waals surface area contributed by atoms with Crippen molar-refractivity contribution in [2.75, 3.05) is 12.4 Å². The van der Waals surface area contributed by atoms with Gasteiger partial charge < -0.3 is 15.6 Å². The lowest BCUT2D eigenvalue weighted by atomic mass is 9.59. The summed E-state index contributed by atoms with van der Waals surface area (Å²) in [4.78, 5) is 16.0. The number of rotatable bonds is 4. The Labute approximate surface area is 184 Å². The number of anilines is 1. The molecule has 2 aliphatic carbocycles. The largest absolute Gasteiger partial charge is 0.388 e. The molecule has 5 rings (SSSR count). The van der Waals surface area contributed by atoms with Crippen LogP contribution in [0.3, 0.4) is 0 Å². The number of carbonyl (C=O) groups is 1. The van der Waals surface area contributed by atoms with Gasteiger partial charge in [-0.3, -0.25) is 4.79 Å². The van der Waals surface area contributed by atoms with E-state index < -0.39 is 5.41 Å². The van der Waals surface area contributed by atoms with Crippen molar-refractivity contribution in [3.8, 4) is 6.07 Å². The van der Waals surface area contributed by atoms with Crippen LogP contribution < -0.4 is 5.32 Å². The smallest absolute Gasteiger partial charge is 0.234 e. The highest BCUT2D eigenvalue weighted by Gasteiger charge is 2.58. The van der Waals surface area contributed by atoms with Crippen LogP contribution in [0.5, 0.6) is 0 Å². The van der Waals surface area contributed by atoms with Gasteiger partial charge in [0.15, 0.2) is 0 Å². The summed E-state index contributed by atoms with van der Waals surface area (Å²) in [5, 5.41) is 22.5. The topological polar surface area (TPSA) is 80.0 Å². The summed E-state index contributed by atoms with van der Waals surface area (Å²) in [7, 11) is 1.80. The summed E-state index contributed by atoms with van der Waals surface area (Å²) in [5.74, 6) is -0.0119. The van der Waals surface area contributed by atoms with Crippen molar-refractivity contribution in [2.45, 2.75) is 71.4 Å². The van der Waals surface area contributed by atoms with Gasteiger partial charge in [-0.1, -0.05) is 24.6 Å². The molecule has 2 heterocycles. The molecular formula is C24H31ClN4O. The number of nitrogens with zero attached hydrogens (tertiary/aromatic N) is 2. The molecule has 2 N–H and O–H groups in total. The predicted molar refractivity (Wildman–Crippen MR) is 120 cm³/mol. The summed E-state index contributed by atoms with van der Waals surface area (Å²) >= 11 is 6.46. The SMILES string of the molecule is CNc1cccc(Cl)c1C(=N)C(C)(C)C(=O)N1C2CCC3(C#N)CC1CC(C)(C2)C3. The van der Waals surface area contributed by atoms with E-state index in [1.54, 1.807) is 13.1 Å². The number of amides is 1. The highest BCUT2D eigenvalue weighted by molar-refractivity contribution is 6.36. The second-order valence-corrected chi connectivity index (χ2v) is 10.9. The Bertz CT molecular complexity index is 951. The number of halogens is 1. The first-order chi connectivity index (χ1) is 14.1. The molecule has 30 heavy (non-hydrogen) atoms. The van der Waals surface area contributed by atoms with Crippen LogP contribution in [-0.4, -0.2) is 35.7 Å². The molecule has 4 atom stereocenters. The second-order valence-electron chi connectivity index (χ2n) is 10.5. The molecule has 4 bridgehead atoms. The third kappa shape index (κ3) is 3.12. The molecule has 4 aliphatic rings. The first-order valence-electron chi connectivity index (χ1n) is 10.9. The number of hydrogen-bond donors (Lipinski definition) is 2. The van der Waals surface area contributed by atoms with Crippen molar-refractivity contribution in [3.63, 3.8) is 0 Å². The maximum Gasteiger partial charge on any atom is 0.234 e. The molecule has 2 aliphatic heterocycles. The molecule has 4 unspecified atom stereocenters. The molecule has 5 nitrogen and oxygen atoms in total. The summed E-state index contributed by atoms with van der Waals surface area (Å²) in [6.07, 6.45) is 5.37. The van der Waals surface area contributed by atoms with Gasteiger partial charge in [0.05, 0.1) is 27.6 Å². The fourth-order valence-electron chi connectivity index (χ4n) is 6.45. The molecular weight excluding hydrogens is 396 g/mol. The highest BCUT2D eigenvalue weighted by Crippen LogP contribution is 2.59. The van der Waals surface area contributed by atoms with E-state index in [1.807, 2.05) is 26.0 Å². The maximum atomic E-state index is 14.0. The summed E-state index contributed by atoms with van der Waals surface area (Å²) in [6.45, 7) is 5.97. The Hall–Kier alpha value is -2.06. The summed E-state index contributed by atoms with van der Waals surface area (Å²) in [5.41, 5.74) is 0.387. The predicted octanol–water partition coefficient (Wildman–Crippen LogP) is 5.24. The lowest BCUT2D eigenvalue weighted by Crippen LogP contribution is -2.60. The van der Waals surface area contributed by atoms with Gasteiger partial charge in [-0.05, 0) is 69.9 Å². The van der Waals surface area contributed by atoms with Crippen molar-refractivity contribution in [2.24, 2.45) is 16.2 Å². The van der Waals surface area contributed by atoms with E-state index in [0.29, 0.717) is 10.6 Å². The Morgan fingerprint density at radius 3 is 2.70 bits per heavy atom. The van der Waals surface area contributed by atoms with E-state index >= 15 is 0 Å². The zero-order valence-corrected chi connectivity index (χ0v) is 19.1. The molecule has 4 fully saturated rings. The Kier molecular flexibility index (Phi) is 4.93. The Morgan fingerprint density at radius 1 is 1.33 bits per heavy atom. The van der Waals surface area contributed by atoms with Crippen molar-refractivity contribution in [1.82, 2.24) is 4.90 Å². The quantitative estimate of drug-likeness (QED) is 0.646. The van der Waals surface area contributed by atoms with Crippen LogP contribution in [0.15, 0.2) is 18.2 Å². The number of fused-ring (bicyclic) bond motifs is 1. The third-order valence-electron chi connectivity index (χ3n) is 7.76. The number of carbonyl (C=O) groups excluding carboxylic acids is 1. The molecule has 0 radical (unpaired) electrons. The number of nitrogens with one attached hydrogen (secondary N) is 2. The zero-order chi connectivity index (χ0) is 21.9. The highest BCUT2D eigenvalue weighted by atomic mass is 35.5. The van der Waals surface area contributed by atoms with E-state index in [1.165, 1.54) is 0 Å². The molecule has 160 valence electrons. The first-order valence-corrected chi connectivity index (χ1v) is 11.2. The maximum absolute atomic E-state index is 14.0. The fourth-order valence-corrected chi connectivity index (χ4v) is 6.72. The number of nitriles is 1. The summed E-state index contributed by atoms with van der Waals surface area (Å²) < 4.78 is 0. The Morgan fingerprint density at radius 2 is 2.03 bits per heavy atom. The van der Waals surface area contributed by atoms with Gasteiger partial charge in [-0.15, -0.1) is 0 Å². The lowest BCUT2D eigenvalue weighted by Gasteiger charge is -2.55. The van der Waals surface area contributed by atoms with Gasteiger partial charge in [-0.25, -0.2) is 0 Å². The van der Waals surface area contributed by atoms with Crippen molar-refractivity contribution < 1.29 is 4.79 Å². The molecule has 1 amide bonds. The average Bonchev–Trinajstić information content (AvgIpc) is 2.87. The van der Waals surface area contributed by atoms with E-state index in [4.69, 9.17) is 17.0 Å². The fraction of sp³-hybridized carbons (Fsp3) is 0.625. The first kappa shape index (κ1) is 21.2. The van der Waals surface area contributed by atoms with Gasteiger partial charge >= 0.3 is 0 Å². The number of hydrogen-bond acceptors (Lipinski definition) is 4. The lowest BCUT2D eigenvalue weighted by molar-refractivity contribution is -0.150. The standard InChI is InChI=1S/C24H31ClN4O/c1-22(2,20(27)19-17(25)6-5-7-18(19)28-4)21(30)29-15-8-9-24(14-26)12-16(29)11-23(3,10-15)13-24/h5-7,15-16,27-28H,8-13H2,1-4H3. The monoisotopic (exact) mass is 426 g/mol. The normalized spacial score (nSPS) is 32.5. The molecule has 0 spiro atoms. The van der Waals surface area contributed by atoms with Crippen LogP contribution in [-0.2, 0) is 4.79 Å². The minimum Gasteiger partial charge on any atom is -0.388 e. The molecule has 2 saturated heterocycles. The third-order valence-corrected chi connectivity index (χ3v) is 8.07. The van der Waals surface area contributed by atoms with E-state index in [2.05, 4.69) is 23.2 Å². The van der Waals surface area contributed by atoms with Crippen LogP contribution in [0.2, 0.25) is 5.02 Å². The van der Waals surface area contributed by atoms with Gasteiger partial charge in [0, 0.05) is 30.4 Å². The molecule has 1 aromatic rings. The van der Waals surface area contributed by atoms with Gasteiger partial charge in [-0.2, -0.15) is 5.26 Å². The number of benzene rings is 1. The van der Waals surface area contributed by atoms with Gasteiger partial charge in [0.1, 0.15) is 0 Å². The van der Waals surface area contributed by atoms with E-state index in [-0.39, 0.29) is 34.5 Å². The second kappa shape index (κ2) is 6.99. The van der Waals surface area contributed by atoms with E-state index in [0.717, 1.165) is 44.2 Å². The van der Waals surface area contributed by atoms with Crippen LogP contribution >= 0.6 is 11.6 Å². The van der Waals surface area contributed by atoms with Crippen molar-refractivity contribution in [1.29, 1.82) is 10.7 Å². The van der Waals surface area contributed by atoms with Crippen LogP contribution in [0.25, 0.3) is 0 Å². The van der Waals surface area contributed by atoms with Gasteiger partial charge in [0.2, 0.25) is 5.91 Å². The Balaban J connectivity index is 1.70. The average molecular weight is 427 g/mol. The number of piperidine rings is 1. The zero-order valence-electron chi connectivity index (χ0n) is 18.3. The van der Waals surface area contributed by atoms with Crippen LogP contribution in [0.4, 0.5) is 5.69 Å². The molecule has 1 aromatic carbocycles. The minimum atomic E-state index is -1.01. The molecule has 2 saturated carbocycles. The van der Waals surface area contributed by atoms with Crippen LogP contribution in [0.1, 0.15) is 64.9 Å². The van der Waals surface area contributed by atoms with Crippen LogP contribution in [0, 0.1) is 33.0 Å². The van der Waals surface area contributed by atoms with E-state index in [9.17, 15) is 10.1 Å². The molecule has 6 heteroatoms. The van der Waals surface area contributed by atoms with Crippen molar-refractivity contribution in [3.05, 3.63) is 28.8 Å². The minimum absolute atomic E-state index is 0.0119.